The number of benzene rings is 1. The SMILES string of the molecule is CO.CO.Cc1ccc(-c2cccc3nc(NC(=O)C4CC4)nn23)cc1.NC1CC1. The zero-order chi connectivity index (χ0) is 22.1. The lowest BCUT2D eigenvalue weighted by atomic mass is 10.1. The van der Waals surface area contributed by atoms with Crippen LogP contribution in [-0.4, -0.2) is 51.0 Å². The van der Waals surface area contributed by atoms with Crippen molar-refractivity contribution in [1.82, 2.24) is 14.6 Å². The van der Waals surface area contributed by atoms with Crippen molar-refractivity contribution >= 4 is 17.5 Å². The molecule has 2 aromatic heterocycles. The molecule has 5 N–H and O–H groups in total. The Kier molecular flexibility index (Phi) is 8.91. The Bertz CT molecular complexity index is 932. The van der Waals surface area contributed by atoms with E-state index >= 15 is 0 Å². The van der Waals surface area contributed by atoms with E-state index in [0.29, 0.717) is 12.0 Å². The molecular formula is C22H31N5O3. The average molecular weight is 414 g/mol. The predicted octanol–water partition coefficient (Wildman–Crippen LogP) is 2.38. The van der Waals surface area contributed by atoms with Gasteiger partial charge >= 0.3 is 0 Å². The second-order valence-corrected chi connectivity index (χ2v) is 7.08. The predicted molar refractivity (Wildman–Crippen MR) is 118 cm³/mol. The van der Waals surface area contributed by atoms with E-state index in [1.807, 2.05) is 18.2 Å². The van der Waals surface area contributed by atoms with Crippen molar-refractivity contribution in [3.05, 3.63) is 48.0 Å². The minimum absolute atomic E-state index is 0.0211. The van der Waals surface area contributed by atoms with Crippen molar-refractivity contribution in [3.8, 4) is 11.3 Å². The molecule has 5 rings (SSSR count). The molecule has 1 amide bonds. The molecule has 8 heteroatoms. The van der Waals surface area contributed by atoms with Gasteiger partial charge in [-0.3, -0.25) is 10.1 Å². The van der Waals surface area contributed by atoms with Crippen LogP contribution in [0.1, 0.15) is 31.2 Å². The molecule has 0 aliphatic heterocycles. The Morgan fingerprint density at radius 3 is 2.17 bits per heavy atom. The second-order valence-electron chi connectivity index (χ2n) is 7.08. The molecule has 162 valence electrons. The van der Waals surface area contributed by atoms with Crippen LogP contribution < -0.4 is 11.1 Å². The van der Waals surface area contributed by atoms with Crippen LogP contribution in [0, 0.1) is 12.8 Å². The van der Waals surface area contributed by atoms with Gasteiger partial charge in [0.2, 0.25) is 11.9 Å². The van der Waals surface area contributed by atoms with Gasteiger partial charge in [0.25, 0.3) is 0 Å². The van der Waals surface area contributed by atoms with Crippen molar-refractivity contribution in [1.29, 1.82) is 0 Å². The fourth-order valence-corrected chi connectivity index (χ4v) is 2.56. The molecule has 2 fully saturated rings. The fourth-order valence-electron chi connectivity index (χ4n) is 2.56. The van der Waals surface area contributed by atoms with Crippen molar-refractivity contribution in [2.75, 3.05) is 19.5 Å². The Balaban J connectivity index is 0.000000346. The third-order valence-electron chi connectivity index (χ3n) is 4.51. The van der Waals surface area contributed by atoms with Gasteiger partial charge in [-0.25, -0.2) is 4.52 Å². The number of anilines is 1. The number of fused-ring (bicyclic) bond motifs is 1. The van der Waals surface area contributed by atoms with Gasteiger partial charge in [-0.2, -0.15) is 4.98 Å². The van der Waals surface area contributed by atoms with Gasteiger partial charge in [-0.1, -0.05) is 35.9 Å². The van der Waals surface area contributed by atoms with Gasteiger partial charge in [0.1, 0.15) is 0 Å². The maximum absolute atomic E-state index is 11.8. The summed E-state index contributed by atoms with van der Waals surface area (Å²) >= 11 is 0. The van der Waals surface area contributed by atoms with Crippen LogP contribution in [0.15, 0.2) is 42.5 Å². The van der Waals surface area contributed by atoms with E-state index in [0.717, 1.165) is 44.0 Å². The number of hydrogen-bond acceptors (Lipinski definition) is 6. The van der Waals surface area contributed by atoms with E-state index in [9.17, 15) is 4.79 Å². The molecule has 8 nitrogen and oxygen atoms in total. The maximum Gasteiger partial charge on any atom is 0.249 e. The molecule has 0 saturated heterocycles. The molecule has 0 radical (unpaired) electrons. The minimum atomic E-state index is 0.0211. The normalized spacial score (nSPS) is 14.3. The number of pyridine rings is 1. The van der Waals surface area contributed by atoms with Crippen LogP contribution in [0.3, 0.4) is 0 Å². The second kappa shape index (κ2) is 11.4. The zero-order valence-corrected chi connectivity index (χ0v) is 17.7. The van der Waals surface area contributed by atoms with E-state index in [2.05, 4.69) is 46.6 Å². The van der Waals surface area contributed by atoms with Crippen LogP contribution in [0.4, 0.5) is 5.95 Å². The van der Waals surface area contributed by atoms with Gasteiger partial charge in [0.05, 0.1) is 5.69 Å². The molecule has 30 heavy (non-hydrogen) atoms. The van der Waals surface area contributed by atoms with Crippen LogP contribution >= 0.6 is 0 Å². The van der Waals surface area contributed by atoms with Gasteiger partial charge < -0.3 is 15.9 Å². The van der Waals surface area contributed by atoms with E-state index in [1.54, 1.807) is 4.52 Å². The van der Waals surface area contributed by atoms with E-state index in [4.69, 9.17) is 15.9 Å². The fraction of sp³-hybridized carbons (Fsp3) is 0.409. The highest BCUT2D eigenvalue weighted by Gasteiger charge is 2.30. The van der Waals surface area contributed by atoms with Crippen molar-refractivity contribution in [2.45, 2.75) is 38.6 Å². The number of aliphatic hydroxyl groups excluding tert-OH is 2. The number of nitrogens with one attached hydrogen (secondary N) is 1. The first-order chi connectivity index (χ1) is 14.6. The van der Waals surface area contributed by atoms with Gasteiger partial charge in [0.15, 0.2) is 5.65 Å². The molecule has 0 atom stereocenters. The number of nitrogens with two attached hydrogens (primary N) is 1. The molecule has 2 heterocycles. The number of nitrogens with zero attached hydrogens (tertiary/aromatic N) is 3. The Morgan fingerprint density at radius 1 is 1.03 bits per heavy atom. The smallest absolute Gasteiger partial charge is 0.249 e. The summed E-state index contributed by atoms with van der Waals surface area (Å²) in [7, 11) is 2.00. The van der Waals surface area contributed by atoms with E-state index < -0.39 is 0 Å². The van der Waals surface area contributed by atoms with Gasteiger partial charge in [0, 0.05) is 31.7 Å². The zero-order valence-electron chi connectivity index (χ0n) is 17.7. The summed E-state index contributed by atoms with van der Waals surface area (Å²) in [6.07, 6.45) is 4.46. The minimum Gasteiger partial charge on any atom is -0.400 e. The molecular weight excluding hydrogens is 382 g/mol. The number of aliphatic hydroxyl groups is 2. The van der Waals surface area contributed by atoms with E-state index in [1.165, 1.54) is 18.4 Å². The molecule has 1 aromatic carbocycles. The number of hydrogen-bond donors (Lipinski definition) is 4. The third-order valence-corrected chi connectivity index (χ3v) is 4.51. The molecule has 2 aliphatic carbocycles. The number of aromatic nitrogens is 3. The largest absolute Gasteiger partial charge is 0.400 e. The first kappa shape index (κ1) is 23.5. The lowest BCUT2D eigenvalue weighted by Crippen LogP contribution is -2.14. The molecule has 2 saturated carbocycles. The highest BCUT2D eigenvalue weighted by molar-refractivity contribution is 5.92. The number of aryl methyl sites for hydroxylation is 1. The number of carbonyl (C=O) groups is 1. The highest BCUT2D eigenvalue weighted by atomic mass is 16.2. The summed E-state index contributed by atoms with van der Waals surface area (Å²) in [5.74, 6) is 0.535. The standard InChI is InChI=1S/C17H16N4O.C3H7N.2CH4O/c1-11-5-7-12(8-6-11)14-3-2-4-15-18-17(20-21(14)15)19-16(22)13-9-10-13;4-3-1-2-3;2*1-2/h2-8,13H,9-10H2,1H3,(H,19,20,22);3H,1-2,4H2;2*2H,1H3. The number of amides is 1. The summed E-state index contributed by atoms with van der Waals surface area (Å²) < 4.78 is 1.77. The quantitative estimate of drug-likeness (QED) is 0.522. The van der Waals surface area contributed by atoms with Crippen LogP contribution in [0.2, 0.25) is 0 Å². The first-order valence-corrected chi connectivity index (χ1v) is 9.99. The maximum atomic E-state index is 11.8. The monoisotopic (exact) mass is 413 g/mol. The van der Waals surface area contributed by atoms with E-state index in [-0.39, 0.29) is 11.8 Å². The van der Waals surface area contributed by atoms with Gasteiger partial charge in [-0.05, 0) is 44.7 Å². The lowest BCUT2D eigenvalue weighted by Gasteiger charge is -2.04. The lowest BCUT2D eigenvalue weighted by molar-refractivity contribution is -0.117. The molecule has 0 spiro atoms. The number of carbonyl (C=O) groups excluding carboxylic acids is 1. The van der Waals surface area contributed by atoms with Crippen molar-refractivity contribution < 1.29 is 15.0 Å². The Hall–Kier alpha value is -2.81. The van der Waals surface area contributed by atoms with Crippen LogP contribution in [0.5, 0.6) is 0 Å². The summed E-state index contributed by atoms with van der Waals surface area (Å²) in [5.41, 5.74) is 9.19. The topological polar surface area (TPSA) is 126 Å². The summed E-state index contributed by atoms with van der Waals surface area (Å²) in [5, 5.41) is 21.2. The average Bonchev–Trinajstić information content (AvgIpc) is 3.71. The Labute approximate surface area is 176 Å². The molecule has 0 unspecified atom stereocenters. The van der Waals surface area contributed by atoms with Crippen LogP contribution in [0.25, 0.3) is 16.9 Å². The molecule has 0 bridgehead atoms. The molecule has 2 aliphatic rings. The summed E-state index contributed by atoms with van der Waals surface area (Å²) in [6.45, 7) is 2.06. The third kappa shape index (κ3) is 6.62. The number of rotatable bonds is 3. The molecule has 3 aromatic rings. The first-order valence-electron chi connectivity index (χ1n) is 9.99. The summed E-state index contributed by atoms with van der Waals surface area (Å²) in [6, 6.07) is 14.7. The van der Waals surface area contributed by atoms with Crippen molar-refractivity contribution in [3.63, 3.8) is 0 Å². The summed E-state index contributed by atoms with van der Waals surface area (Å²) in [4.78, 5) is 16.2. The van der Waals surface area contributed by atoms with Crippen molar-refractivity contribution in [2.24, 2.45) is 11.7 Å². The Morgan fingerprint density at radius 2 is 1.63 bits per heavy atom. The van der Waals surface area contributed by atoms with Gasteiger partial charge in [-0.15, -0.1) is 5.10 Å². The highest BCUT2D eigenvalue weighted by Crippen LogP contribution is 2.30. The van der Waals surface area contributed by atoms with Crippen LogP contribution in [-0.2, 0) is 4.79 Å².